The fraction of sp³-hybridized carbons (Fsp3) is 0. The predicted molar refractivity (Wildman–Crippen MR) is 381 cm³/mol. The Morgan fingerprint density at radius 3 is 1.17 bits per heavy atom. The van der Waals surface area contributed by atoms with Gasteiger partial charge in [-0.1, -0.05) is 254 Å². The first-order valence-corrected chi connectivity index (χ1v) is 31.2. The van der Waals surface area contributed by atoms with Gasteiger partial charge in [0.25, 0.3) is 0 Å². The van der Waals surface area contributed by atoms with Crippen molar-refractivity contribution in [1.82, 2.24) is 48.6 Å². The number of aromatic amines is 1. The molecule has 18 aromatic rings. The first-order chi connectivity index (χ1) is 46.0. The summed E-state index contributed by atoms with van der Waals surface area (Å²) in [7, 11) is 0. The third kappa shape index (κ3) is 10.9. The lowest BCUT2D eigenvalue weighted by atomic mass is 10.1. The lowest BCUT2D eigenvalue weighted by Gasteiger charge is -2.13. The van der Waals surface area contributed by atoms with Crippen LogP contribution in [0.4, 0.5) is 0 Å². The first kappa shape index (κ1) is 55.9. The number of hydrogen-bond donors (Lipinski definition) is 1. The van der Waals surface area contributed by atoms with Crippen LogP contribution in [0.15, 0.2) is 328 Å². The van der Waals surface area contributed by atoms with E-state index in [0.29, 0.717) is 40.0 Å². The summed E-state index contributed by atoms with van der Waals surface area (Å²) in [5.41, 5.74) is 16.0. The normalized spacial score (nSPS) is 11.3. The maximum atomic E-state index is 6.14. The van der Waals surface area contributed by atoms with Crippen LogP contribution in [0.1, 0.15) is 0 Å². The van der Waals surface area contributed by atoms with Crippen LogP contribution < -0.4 is 0 Å². The number of halogens is 1. The van der Waals surface area contributed by atoms with E-state index in [1.165, 1.54) is 60.1 Å². The second-order valence-electron chi connectivity index (χ2n) is 22.5. The fourth-order valence-corrected chi connectivity index (χ4v) is 12.6. The standard InChI is InChI=1S/C41H27N5.C21H14ClN3.C20H14N2/c1-4-13-29(14-5-1)39-42-40(30-15-6-2-7-16-30)44-41(43-39)31-17-12-20-33(27-31)46-36-22-11-10-21-34(36)35-24-23-28-25-26-45(37(28)38(35)46)32-18-8-3-9-19-32;22-18-13-7-12-17(14-18)21-24-19(15-8-3-1-4-9-15)23-20(25-21)16-10-5-2-6-11-16;1-2-6-15(7-3-1)22-13-12-14-10-11-17-16-8-4-5-9-18(16)21-19(17)20(14)22/h1-27H;1-14H;1-13,21H. The highest BCUT2D eigenvalue weighted by Gasteiger charge is 2.20. The molecule has 0 radical (unpaired) electrons. The summed E-state index contributed by atoms with van der Waals surface area (Å²) < 4.78 is 6.93. The summed E-state index contributed by atoms with van der Waals surface area (Å²) in [6.45, 7) is 0. The molecule has 0 fully saturated rings. The molecule has 0 aliphatic carbocycles. The quantitative estimate of drug-likeness (QED) is 0.154. The summed E-state index contributed by atoms with van der Waals surface area (Å²) >= 11 is 6.14. The zero-order valence-electron chi connectivity index (χ0n) is 50.1. The Bertz CT molecular complexity index is 5580. The van der Waals surface area contributed by atoms with Crippen molar-refractivity contribution in [3.63, 3.8) is 0 Å². The third-order valence-corrected chi connectivity index (χ3v) is 17.0. The van der Waals surface area contributed by atoms with Crippen LogP contribution in [0.25, 0.3) is 151 Å². The molecular weight excluding hydrogens is 1160 g/mol. The number of nitrogens with zero attached hydrogens (tertiary/aromatic N) is 9. The maximum Gasteiger partial charge on any atom is 0.164 e. The van der Waals surface area contributed by atoms with Crippen molar-refractivity contribution in [3.8, 4) is 85.4 Å². The molecule has 0 saturated heterocycles. The number of benzene rings is 12. The molecule has 0 bridgehead atoms. The van der Waals surface area contributed by atoms with Crippen molar-refractivity contribution in [2.24, 2.45) is 0 Å². The van der Waals surface area contributed by atoms with E-state index < -0.39 is 0 Å². The number of para-hydroxylation sites is 4. The molecule has 0 saturated carbocycles. The van der Waals surface area contributed by atoms with Crippen molar-refractivity contribution in [3.05, 3.63) is 333 Å². The number of H-pyrrole nitrogens is 1. The van der Waals surface area contributed by atoms with Gasteiger partial charge in [0.05, 0.1) is 27.6 Å². The van der Waals surface area contributed by atoms with E-state index in [9.17, 15) is 0 Å². The largest absolute Gasteiger partial charge is 0.353 e. The lowest BCUT2D eigenvalue weighted by Crippen LogP contribution is -2.01. The van der Waals surface area contributed by atoms with Crippen LogP contribution in [-0.2, 0) is 0 Å². The zero-order chi connectivity index (χ0) is 62.0. The van der Waals surface area contributed by atoms with Crippen molar-refractivity contribution in [2.45, 2.75) is 0 Å². The molecule has 0 aliphatic heterocycles. The fourth-order valence-electron chi connectivity index (χ4n) is 12.4. The van der Waals surface area contributed by atoms with Gasteiger partial charge in [0.2, 0.25) is 0 Å². The highest BCUT2D eigenvalue weighted by molar-refractivity contribution is 6.30. The van der Waals surface area contributed by atoms with Gasteiger partial charge in [-0.15, -0.1) is 0 Å². The lowest BCUT2D eigenvalue weighted by molar-refractivity contribution is 1.07. The molecular formula is C82H55ClN10. The number of nitrogens with one attached hydrogen (secondary N) is 1. The molecule has 440 valence electrons. The molecule has 10 nitrogen and oxygen atoms in total. The summed E-state index contributed by atoms with van der Waals surface area (Å²) in [5.74, 6) is 3.82. The molecule has 1 N–H and O–H groups in total. The van der Waals surface area contributed by atoms with Gasteiger partial charge in [-0.25, -0.2) is 29.9 Å². The van der Waals surface area contributed by atoms with Gasteiger partial charge in [-0.2, -0.15) is 0 Å². The Hall–Kier alpha value is -12.4. The molecule has 0 amide bonds. The van der Waals surface area contributed by atoms with Crippen LogP contribution in [0.2, 0.25) is 5.02 Å². The minimum Gasteiger partial charge on any atom is -0.353 e. The smallest absolute Gasteiger partial charge is 0.164 e. The molecule has 93 heavy (non-hydrogen) atoms. The topological polar surface area (TPSA) is 108 Å². The average molecular weight is 1220 g/mol. The first-order valence-electron chi connectivity index (χ1n) is 30.8. The molecule has 11 heteroatoms. The zero-order valence-corrected chi connectivity index (χ0v) is 50.8. The van der Waals surface area contributed by atoms with Crippen LogP contribution in [0.3, 0.4) is 0 Å². The Morgan fingerprint density at radius 1 is 0.269 bits per heavy atom. The van der Waals surface area contributed by atoms with E-state index >= 15 is 0 Å². The number of aromatic nitrogens is 10. The molecule has 18 rings (SSSR count). The van der Waals surface area contributed by atoms with Crippen molar-refractivity contribution >= 4 is 77.0 Å². The molecule has 12 aromatic carbocycles. The number of rotatable bonds is 9. The van der Waals surface area contributed by atoms with Crippen LogP contribution in [-0.4, -0.2) is 48.6 Å². The van der Waals surface area contributed by atoms with E-state index in [1.54, 1.807) is 0 Å². The van der Waals surface area contributed by atoms with Crippen LogP contribution in [0.5, 0.6) is 0 Å². The predicted octanol–water partition coefficient (Wildman–Crippen LogP) is 20.7. The molecule has 0 atom stereocenters. The summed E-state index contributed by atoms with van der Waals surface area (Å²) in [6, 6.07) is 107. The average Bonchev–Trinajstić information content (AvgIpc) is 1.70. The second-order valence-corrected chi connectivity index (χ2v) is 23.0. The Balaban J connectivity index is 0.000000122. The highest BCUT2D eigenvalue weighted by atomic mass is 35.5. The van der Waals surface area contributed by atoms with Crippen molar-refractivity contribution < 1.29 is 0 Å². The van der Waals surface area contributed by atoms with Crippen LogP contribution in [0, 0.1) is 0 Å². The van der Waals surface area contributed by atoms with E-state index in [1.807, 2.05) is 152 Å². The van der Waals surface area contributed by atoms with E-state index in [4.69, 9.17) is 26.6 Å². The minimum absolute atomic E-state index is 0.607. The number of fused-ring (bicyclic) bond motifs is 10. The Morgan fingerprint density at radius 2 is 0.656 bits per heavy atom. The molecule has 0 unspecified atom stereocenters. The van der Waals surface area contributed by atoms with Crippen molar-refractivity contribution in [2.75, 3.05) is 0 Å². The summed E-state index contributed by atoms with van der Waals surface area (Å²) in [5, 5.41) is 8.07. The van der Waals surface area contributed by atoms with E-state index in [2.05, 4.69) is 210 Å². The van der Waals surface area contributed by atoms with Gasteiger partial charge in [0.1, 0.15) is 0 Å². The Labute approximate surface area is 540 Å². The molecule has 6 heterocycles. The third-order valence-electron chi connectivity index (χ3n) is 16.7. The van der Waals surface area contributed by atoms with E-state index in [-0.39, 0.29) is 0 Å². The molecule has 0 aliphatic rings. The Kier molecular flexibility index (Phi) is 14.8. The maximum absolute atomic E-state index is 6.14. The highest BCUT2D eigenvalue weighted by Crippen LogP contribution is 2.40. The molecule has 0 spiro atoms. The van der Waals surface area contributed by atoms with Gasteiger partial charge >= 0.3 is 0 Å². The van der Waals surface area contributed by atoms with Gasteiger partial charge in [-0.3, -0.25) is 0 Å². The SMILES string of the molecule is Clc1cccc(-c2nc(-c3ccccc3)nc(-c3ccccc3)n2)c1.c1ccc(-c2nc(-c3ccccc3)nc(-c3cccc(-n4c5ccccc5c5ccc6ccn(-c7ccccc7)c6c54)c3)n2)cc1.c1ccc(-n2ccc3ccc4c5ccccc5[nH]c4c32)cc1. The van der Waals surface area contributed by atoms with Gasteiger partial charge in [0, 0.05) is 106 Å². The molecule has 6 aromatic heterocycles. The van der Waals surface area contributed by atoms with Crippen molar-refractivity contribution in [1.29, 1.82) is 0 Å². The number of hydrogen-bond acceptors (Lipinski definition) is 6. The minimum atomic E-state index is 0.607. The van der Waals surface area contributed by atoms with Gasteiger partial charge in [0.15, 0.2) is 34.9 Å². The van der Waals surface area contributed by atoms with Crippen LogP contribution >= 0.6 is 11.6 Å². The summed E-state index contributed by atoms with van der Waals surface area (Å²) in [4.78, 5) is 32.5. The van der Waals surface area contributed by atoms with Gasteiger partial charge < -0.3 is 18.7 Å². The van der Waals surface area contributed by atoms with E-state index in [0.717, 1.165) is 55.8 Å². The van der Waals surface area contributed by atoms with Gasteiger partial charge in [-0.05, 0) is 72.8 Å². The monoisotopic (exact) mass is 1210 g/mol. The second kappa shape index (κ2) is 24.5. The summed E-state index contributed by atoms with van der Waals surface area (Å²) in [6.07, 6.45) is 4.31.